The van der Waals surface area contributed by atoms with E-state index in [2.05, 4.69) is 26.3 Å². The van der Waals surface area contributed by atoms with Gasteiger partial charge >= 0.3 is 0 Å². The molecule has 28 heavy (non-hydrogen) atoms. The SMILES string of the molecule is COC1CCC(C2c3sccc3CCN2C(=O)c2ccc3nc[nH]c3c2)CC1. The van der Waals surface area contributed by atoms with E-state index in [0.717, 1.165) is 55.2 Å². The van der Waals surface area contributed by atoms with E-state index in [1.165, 1.54) is 10.4 Å². The lowest BCUT2D eigenvalue weighted by molar-refractivity contribution is 0.0275. The van der Waals surface area contributed by atoms with Gasteiger partial charge in [-0.2, -0.15) is 0 Å². The van der Waals surface area contributed by atoms with Crippen molar-refractivity contribution in [1.82, 2.24) is 14.9 Å². The highest BCUT2D eigenvalue weighted by atomic mass is 32.1. The van der Waals surface area contributed by atoms with Gasteiger partial charge < -0.3 is 14.6 Å². The molecule has 1 aliphatic carbocycles. The molecule has 6 heteroatoms. The Balaban J connectivity index is 1.47. The Bertz CT molecular complexity index is 987. The van der Waals surface area contributed by atoms with E-state index in [-0.39, 0.29) is 11.9 Å². The third kappa shape index (κ3) is 3.05. The minimum absolute atomic E-state index is 0.134. The van der Waals surface area contributed by atoms with Crippen molar-refractivity contribution in [3.05, 3.63) is 52.0 Å². The van der Waals surface area contributed by atoms with Crippen molar-refractivity contribution in [2.45, 2.75) is 44.2 Å². The summed E-state index contributed by atoms with van der Waals surface area (Å²) in [6, 6.07) is 8.21. The number of nitrogens with zero attached hydrogens (tertiary/aromatic N) is 2. The quantitative estimate of drug-likeness (QED) is 0.707. The van der Waals surface area contributed by atoms with Gasteiger partial charge in [-0.3, -0.25) is 4.79 Å². The minimum Gasteiger partial charge on any atom is -0.381 e. The highest BCUT2D eigenvalue weighted by Crippen LogP contribution is 2.45. The van der Waals surface area contributed by atoms with E-state index < -0.39 is 0 Å². The number of benzene rings is 1. The molecule has 1 fully saturated rings. The first-order valence-electron chi connectivity index (χ1n) is 10.1. The topological polar surface area (TPSA) is 58.2 Å². The first kappa shape index (κ1) is 17.9. The first-order chi connectivity index (χ1) is 13.7. The van der Waals surface area contributed by atoms with Crippen LogP contribution in [0.2, 0.25) is 0 Å². The zero-order valence-corrected chi connectivity index (χ0v) is 16.9. The van der Waals surface area contributed by atoms with Crippen molar-refractivity contribution in [3.63, 3.8) is 0 Å². The Morgan fingerprint density at radius 3 is 2.93 bits per heavy atom. The van der Waals surface area contributed by atoms with Crippen LogP contribution in [0.4, 0.5) is 0 Å². The van der Waals surface area contributed by atoms with Crippen molar-refractivity contribution in [2.75, 3.05) is 13.7 Å². The average Bonchev–Trinajstić information content (AvgIpc) is 3.41. The van der Waals surface area contributed by atoms with E-state index in [0.29, 0.717) is 12.0 Å². The van der Waals surface area contributed by atoms with Crippen LogP contribution in [0.25, 0.3) is 11.0 Å². The molecule has 5 nitrogen and oxygen atoms in total. The molecule has 2 aromatic heterocycles. The van der Waals surface area contributed by atoms with Crippen LogP contribution in [0.3, 0.4) is 0 Å². The van der Waals surface area contributed by atoms with Crippen LogP contribution >= 0.6 is 11.3 Å². The molecule has 3 aromatic rings. The lowest BCUT2D eigenvalue weighted by atomic mass is 9.79. The average molecular weight is 396 g/mol. The van der Waals surface area contributed by atoms with Gasteiger partial charge in [-0.15, -0.1) is 11.3 Å². The number of amides is 1. The Kier molecular flexibility index (Phi) is 4.69. The smallest absolute Gasteiger partial charge is 0.254 e. The summed E-state index contributed by atoms with van der Waals surface area (Å²) < 4.78 is 5.57. The van der Waals surface area contributed by atoms with Crippen LogP contribution in [0.5, 0.6) is 0 Å². The number of ether oxygens (including phenoxy) is 1. The van der Waals surface area contributed by atoms with Gasteiger partial charge in [-0.25, -0.2) is 4.98 Å². The van der Waals surface area contributed by atoms with Crippen LogP contribution in [-0.4, -0.2) is 40.5 Å². The van der Waals surface area contributed by atoms with E-state index in [9.17, 15) is 4.79 Å². The number of thiophene rings is 1. The molecule has 1 aliphatic heterocycles. The molecular weight excluding hydrogens is 370 g/mol. The van der Waals surface area contributed by atoms with Gasteiger partial charge in [0.05, 0.1) is 29.5 Å². The third-order valence-electron chi connectivity index (χ3n) is 6.43. The molecule has 0 radical (unpaired) electrons. The number of aromatic nitrogens is 2. The Morgan fingerprint density at radius 2 is 2.11 bits per heavy atom. The minimum atomic E-state index is 0.134. The number of carbonyl (C=O) groups excluding carboxylic acids is 1. The standard InChI is InChI=1S/C22H25N3O2S/c1-27-17-5-2-14(3-6-17)20-21-15(9-11-28-21)8-10-25(20)22(26)16-4-7-18-19(12-16)24-13-23-18/h4,7,9,11-14,17,20H,2-3,5-6,8,10H2,1H3,(H,23,24). The highest BCUT2D eigenvalue weighted by molar-refractivity contribution is 7.10. The van der Waals surface area contributed by atoms with Gasteiger partial charge in [0.15, 0.2) is 0 Å². The van der Waals surface area contributed by atoms with Crippen LogP contribution in [-0.2, 0) is 11.2 Å². The number of hydrogen-bond donors (Lipinski definition) is 1. The molecule has 1 saturated carbocycles. The van der Waals surface area contributed by atoms with Crippen molar-refractivity contribution in [3.8, 4) is 0 Å². The first-order valence-corrected chi connectivity index (χ1v) is 11.0. The molecule has 0 saturated heterocycles. The van der Waals surface area contributed by atoms with Crippen LogP contribution in [0, 0.1) is 5.92 Å². The number of methoxy groups -OCH3 is 1. The summed E-state index contributed by atoms with van der Waals surface area (Å²) in [5, 5.41) is 2.18. The van der Waals surface area contributed by atoms with E-state index in [1.54, 1.807) is 6.33 Å². The highest BCUT2D eigenvalue weighted by Gasteiger charge is 2.39. The molecular formula is C22H25N3O2S. The number of rotatable bonds is 3. The summed E-state index contributed by atoms with van der Waals surface area (Å²) in [5.74, 6) is 0.637. The number of imidazole rings is 1. The maximum Gasteiger partial charge on any atom is 0.254 e. The second-order valence-electron chi connectivity index (χ2n) is 7.91. The van der Waals surface area contributed by atoms with Crippen molar-refractivity contribution in [2.24, 2.45) is 5.92 Å². The molecule has 0 spiro atoms. The number of aromatic amines is 1. The molecule has 3 heterocycles. The molecule has 146 valence electrons. The van der Waals surface area contributed by atoms with Crippen molar-refractivity contribution >= 4 is 28.3 Å². The monoisotopic (exact) mass is 395 g/mol. The molecule has 1 atom stereocenters. The zero-order valence-electron chi connectivity index (χ0n) is 16.1. The number of hydrogen-bond acceptors (Lipinski definition) is 4. The van der Waals surface area contributed by atoms with Gasteiger partial charge in [0.2, 0.25) is 0 Å². The second kappa shape index (κ2) is 7.33. The summed E-state index contributed by atoms with van der Waals surface area (Å²) >= 11 is 1.81. The molecule has 5 rings (SSSR count). The predicted octanol–water partition coefficient (Wildman–Crippen LogP) is 4.57. The fourth-order valence-corrected chi connectivity index (χ4v) is 6.07. The molecule has 2 aliphatic rings. The fourth-order valence-electron chi connectivity index (χ4n) is 4.91. The summed E-state index contributed by atoms with van der Waals surface area (Å²) in [6.45, 7) is 0.790. The van der Waals surface area contributed by atoms with E-state index in [4.69, 9.17) is 4.74 Å². The van der Waals surface area contributed by atoms with Crippen molar-refractivity contribution < 1.29 is 9.53 Å². The van der Waals surface area contributed by atoms with Gasteiger partial charge in [-0.05, 0) is 73.2 Å². The van der Waals surface area contributed by atoms with Gasteiger partial charge in [-0.1, -0.05) is 0 Å². The molecule has 1 amide bonds. The second-order valence-corrected chi connectivity index (χ2v) is 8.86. The predicted molar refractivity (Wildman–Crippen MR) is 111 cm³/mol. The third-order valence-corrected chi connectivity index (χ3v) is 7.46. The lowest BCUT2D eigenvalue weighted by Gasteiger charge is -2.42. The molecule has 0 bridgehead atoms. The maximum atomic E-state index is 13.5. The molecule has 1 unspecified atom stereocenters. The van der Waals surface area contributed by atoms with Gasteiger partial charge in [0, 0.05) is 24.1 Å². The summed E-state index contributed by atoms with van der Waals surface area (Å²) in [6.07, 6.45) is 7.39. The zero-order chi connectivity index (χ0) is 19.1. The Morgan fingerprint density at radius 1 is 1.25 bits per heavy atom. The Hall–Kier alpha value is -2.18. The van der Waals surface area contributed by atoms with Gasteiger partial charge in [0.25, 0.3) is 5.91 Å². The van der Waals surface area contributed by atoms with E-state index >= 15 is 0 Å². The summed E-state index contributed by atoms with van der Waals surface area (Å²) in [5.41, 5.74) is 3.98. The van der Waals surface area contributed by atoms with Gasteiger partial charge in [0.1, 0.15) is 0 Å². The summed E-state index contributed by atoms with van der Waals surface area (Å²) in [7, 11) is 1.81. The molecule has 1 N–H and O–H groups in total. The Labute approximate surface area is 168 Å². The van der Waals surface area contributed by atoms with E-state index in [1.807, 2.05) is 36.6 Å². The summed E-state index contributed by atoms with van der Waals surface area (Å²) in [4.78, 5) is 24.5. The normalized spacial score (nSPS) is 25.0. The fraction of sp³-hybridized carbons (Fsp3) is 0.455. The number of nitrogens with one attached hydrogen (secondary N) is 1. The largest absolute Gasteiger partial charge is 0.381 e. The number of H-pyrrole nitrogens is 1. The van der Waals surface area contributed by atoms with Crippen LogP contribution in [0.15, 0.2) is 36.0 Å². The maximum absolute atomic E-state index is 13.5. The van der Waals surface area contributed by atoms with Crippen LogP contribution in [0.1, 0.15) is 52.5 Å². The van der Waals surface area contributed by atoms with Crippen LogP contribution < -0.4 is 0 Å². The number of fused-ring (bicyclic) bond motifs is 2. The van der Waals surface area contributed by atoms with Crippen molar-refractivity contribution in [1.29, 1.82) is 0 Å². The molecule has 1 aromatic carbocycles. The lowest BCUT2D eigenvalue weighted by Crippen LogP contribution is -2.43. The number of carbonyl (C=O) groups is 1.